The summed E-state index contributed by atoms with van der Waals surface area (Å²) in [5.74, 6) is 0.370. The molecule has 0 bridgehead atoms. The number of hydrogen-bond donors (Lipinski definition) is 0. The first-order valence-electron chi connectivity index (χ1n) is 8.80. The molecule has 0 atom stereocenters. The molecule has 2 aromatic carbocycles. The highest BCUT2D eigenvalue weighted by Crippen LogP contribution is 2.41. The van der Waals surface area contributed by atoms with Crippen LogP contribution in [0.4, 0.5) is 10.3 Å². The van der Waals surface area contributed by atoms with E-state index >= 15 is 0 Å². The van der Waals surface area contributed by atoms with Crippen LogP contribution >= 0.6 is 22.7 Å². The maximum absolute atomic E-state index is 11.7. The number of carbonyl (C=O) groups excluding carboxylic acids is 1. The molecule has 6 heteroatoms. The summed E-state index contributed by atoms with van der Waals surface area (Å²) in [5, 5.41) is 1.95. The number of thiazole rings is 2. The Hall–Kier alpha value is -2.31. The van der Waals surface area contributed by atoms with Gasteiger partial charge in [0.25, 0.3) is 0 Å². The molecule has 130 valence electrons. The molecular formula is C20H17N3OS2. The SMILES string of the molecule is O=C1CCC(N(c2nc3ccccc3s2)c2nc3ccccc3s2)CC1. The molecule has 2 aromatic heterocycles. The van der Waals surface area contributed by atoms with Gasteiger partial charge in [0.1, 0.15) is 5.78 Å². The van der Waals surface area contributed by atoms with Crippen LogP contribution in [0.2, 0.25) is 0 Å². The Morgan fingerprint density at radius 3 is 1.81 bits per heavy atom. The van der Waals surface area contributed by atoms with E-state index < -0.39 is 0 Å². The molecule has 4 nitrogen and oxygen atoms in total. The highest BCUT2D eigenvalue weighted by atomic mass is 32.1. The third-order valence-electron chi connectivity index (χ3n) is 4.86. The van der Waals surface area contributed by atoms with E-state index in [4.69, 9.17) is 9.97 Å². The van der Waals surface area contributed by atoms with E-state index in [0.717, 1.165) is 34.1 Å². The van der Waals surface area contributed by atoms with Gasteiger partial charge in [-0.05, 0) is 37.1 Å². The maximum atomic E-state index is 11.7. The van der Waals surface area contributed by atoms with Crippen LogP contribution in [0.5, 0.6) is 0 Å². The number of Topliss-reactive ketones (excluding diaryl/α,β-unsaturated/α-hetero) is 1. The lowest BCUT2D eigenvalue weighted by Crippen LogP contribution is -2.34. The van der Waals surface area contributed by atoms with E-state index in [9.17, 15) is 4.79 Å². The predicted octanol–water partition coefficient (Wildman–Crippen LogP) is 5.56. The van der Waals surface area contributed by atoms with Crippen molar-refractivity contribution in [3.8, 4) is 0 Å². The van der Waals surface area contributed by atoms with Crippen LogP contribution in [-0.2, 0) is 4.79 Å². The molecule has 0 amide bonds. The van der Waals surface area contributed by atoms with Gasteiger partial charge in [-0.25, -0.2) is 9.97 Å². The Morgan fingerprint density at radius 2 is 1.31 bits per heavy atom. The van der Waals surface area contributed by atoms with E-state index in [-0.39, 0.29) is 6.04 Å². The molecular weight excluding hydrogens is 362 g/mol. The monoisotopic (exact) mass is 379 g/mol. The van der Waals surface area contributed by atoms with Crippen molar-refractivity contribution in [1.29, 1.82) is 0 Å². The quantitative estimate of drug-likeness (QED) is 0.468. The number of carbonyl (C=O) groups is 1. The molecule has 0 saturated heterocycles. The lowest BCUT2D eigenvalue weighted by Gasteiger charge is -2.31. The van der Waals surface area contributed by atoms with Gasteiger partial charge in [-0.1, -0.05) is 46.9 Å². The zero-order valence-corrected chi connectivity index (χ0v) is 15.7. The van der Waals surface area contributed by atoms with Gasteiger partial charge in [0.05, 0.1) is 20.4 Å². The number of hydrogen-bond acceptors (Lipinski definition) is 6. The van der Waals surface area contributed by atoms with E-state index in [1.165, 1.54) is 9.40 Å². The molecule has 0 radical (unpaired) electrons. The van der Waals surface area contributed by atoms with Crippen LogP contribution in [0.1, 0.15) is 25.7 Å². The van der Waals surface area contributed by atoms with Crippen molar-refractivity contribution >= 4 is 59.2 Å². The second-order valence-corrected chi connectivity index (χ2v) is 8.59. The largest absolute Gasteiger partial charge is 0.300 e. The highest BCUT2D eigenvalue weighted by molar-refractivity contribution is 7.24. The number of benzene rings is 2. The molecule has 26 heavy (non-hydrogen) atoms. The molecule has 4 aromatic rings. The minimum absolute atomic E-state index is 0.272. The Labute approximate surface area is 159 Å². The molecule has 1 aliphatic rings. The second-order valence-electron chi connectivity index (χ2n) is 6.57. The zero-order valence-electron chi connectivity index (χ0n) is 14.1. The molecule has 0 aliphatic heterocycles. The number of aromatic nitrogens is 2. The summed E-state index contributed by atoms with van der Waals surface area (Å²) in [6, 6.07) is 16.7. The number of rotatable bonds is 3. The molecule has 1 saturated carbocycles. The first kappa shape index (κ1) is 15.9. The van der Waals surface area contributed by atoms with Gasteiger partial charge in [0, 0.05) is 18.9 Å². The van der Waals surface area contributed by atoms with Crippen molar-refractivity contribution in [2.24, 2.45) is 0 Å². The second kappa shape index (κ2) is 6.45. The van der Waals surface area contributed by atoms with Gasteiger partial charge < -0.3 is 0 Å². The molecule has 2 heterocycles. The molecule has 0 N–H and O–H groups in total. The predicted molar refractivity (Wildman–Crippen MR) is 109 cm³/mol. The van der Waals surface area contributed by atoms with Crippen molar-refractivity contribution in [2.75, 3.05) is 4.90 Å². The first-order valence-corrected chi connectivity index (χ1v) is 10.4. The van der Waals surface area contributed by atoms with Crippen LogP contribution < -0.4 is 4.90 Å². The van der Waals surface area contributed by atoms with Crippen LogP contribution in [0, 0.1) is 0 Å². The Balaban J connectivity index is 1.63. The fourth-order valence-electron chi connectivity index (χ4n) is 3.50. The number of fused-ring (bicyclic) bond motifs is 2. The van der Waals surface area contributed by atoms with Gasteiger partial charge in [0.2, 0.25) is 0 Å². The lowest BCUT2D eigenvalue weighted by molar-refractivity contribution is -0.120. The third-order valence-corrected chi connectivity index (χ3v) is 6.93. The van der Waals surface area contributed by atoms with E-state index in [1.807, 2.05) is 24.3 Å². The number of nitrogens with zero attached hydrogens (tertiary/aromatic N) is 3. The van der Waals surface area contributed by atoms with Crippen LogP contribution in [0.15, 0.2) is 48.5 Å². The maximum Gasteiger partial charge on any atom is 0.193 e. The number of anilines is 2. The molecule has 0 unspecified atom stereocenters. The first-order chi connectivity index (χ1) is 12.8. The fourth-order valence-corrected chi connectivity index (χ4v) is 5.64. The zero-order chi connectivity index (χ0) is 17.5. The van der Waals surface area contributed by atoms with Crippen LogP contribution in [0.25, 0.3) is 20.4 Å². The summed E-state index contributed by atoms with van der Waals surface area (Å²) in [6.45, 7) is 0. The van der Waals surface area contributed by atoms with Crippen molar-refractivity contribution in [2.45, 2.75) is 31.7 Å². The van der Waals surface area contributed by atoms with E-state index in [1.54, 1.807) is 22.7 Å². The molecule has 1 aliphatic carbocycles. The summed E-state index contributed by atoms with van der Waals surface area (Å²) in [7, 11) is 0. The smallest absolute Gasteiger partial charge is 0.193 e. The van der Waals surface area contributed by atoms with E-state index in [0.29, 0.717) is 18.6 Å². The number of para-hydroxylation sites is 2. The van der Waals surface area contributed by atoms with Gasteiger partial charge in [-0.3, -0.25) is 9.69 Å². The summed E-state index contributed by atoms with van der Waals surface area (Å²) in [5.41, 5.74) is 2.04. The summed E-state index contributed by atoms with van der Waals surface area (Å²) >= 11 is 3.40. The molecule has 0 spiro atoms. The number of ketones is 1. The van der Waals surface area contributed by atoms with Gasteiger partial charge in [-0.2, -0.15) is 0 Å². The van der Waals surface area contributed by atoms with Crippen molar-refractivity contribution < 1.29 is 4.79 Å². The summed E-state index contributed by atoms with van der Waals surface area (Å²) in [4.78, 5) is 23.8. The van der Waals surface area contributed by atoms with Crippen LogP contribution in [-0.4, -0.2) is 21.8 Å². The summed E-state index contributed by atoms with van der Waals surface area (Å²) < 4.78 is 2.36. The van der Waals surface area contributed by atoms with Gasteiger partial charge >= 0.3 is 0 Å². The summed E-state index contributed by atoms with van der Waals surface area (Å²) in [6.07, 6.45) is 3.03. The molecule has 1 fully saturated rings. The average Bonchev–Trinajstić information content (AvgIpc) is 3.27. The Morgan fingerprint density at radius 1 is 0.808 bits per heavy atom. The van der Waals surface area contributed by atoms with Gasteiger partial charge in [-0.15, -0.1) is 0 Å². The topological polar surface area (TPSA) is 46.1 Å². The van der Waals surface area contributed by atoms with Crippen molar-refractivity contribution in [3.05, 3.63) is 48.5 Å². The van der Waals surface area contributed by atoms with Gasteiger partial charge in [0.15, 0.2) is 10.3 Å². The Kier molecular flexibility index (Phi) is 3.94. The minimum atomic E-state index is 0.272. The van der Waals surface area contributed by atoms with E-state index in [2.05, 4.69) is 29.2 Å². The average molecular weight is 380 g/mol. The van der Waals surface area contributed by atoms with Crippen molar-refractivity contribution in [3.63, 3.8) is 0 Å². The Bertz CT molecular complexity index is 951. The van der Waals surface area contributed by atoms with Crippen LogP contribution in [0.3, 0.4) is 0 Å². The normalized spacial score (nSPS) is 15.8. The molecule has 5 rings (SSSR count). The van der Waals surface area contributed by atoms with Crippen molar-refractivity contribution in [1.82, 2.24) is 9.97 Å². The lowest BCUT2D eigenvalue weighted by atomic mass is 9.93. The third kappa shape index (κ3) is 2.79. The standard InChI is InChI=1S/C20H17N3OS2/c24-14-11-9-13(10-12-14)23(19-21-15-5-1-3-7-17(15)25-19)20-22-16-6-2-4-8-18(16)26-20/h1-8,13H,9-12H2. The highest BCUT2D eigenvalue weighted by Gasteiger charge is 2.30. The fraction of sp³-hybridized carbons (Fsp3) is 0.250. The minimum Gasteiger partial charge on any atom is -0.300 e.